The van der Waals surface area contributed by atoms with Crippen molar-refractivity contribution in [2.75, 3.05) is 0 Å². The monoisotopic (exact) mass is 254 g/mol. The molecule has 2 aromatic carbocycles. The molecular formula is C15H14N2S. The summed E-state index contributed by atoms with van der Waals surface area (Å²) < 4.78 is 0. The Kier molecular flexibility index (Phi) is 4.10. The fourth-order valence-corrected chi connectivity index (χ4v) is 1.77. The maximum absolute atomic E-state index is 5.56. The Morgan fingerprint density at radius 2 is 1.50 bits per heavy atom. The summed E-state index contributed by atoms with van der Waals surface area (Å²) >= 11 is 4.91. The van der Waals surface area contributed by atoms with Crippen molar-refractivity contribution >= 4 is 29.1 Å². The molecule has 0 atom stereocenters. The van der Waals surface area contributed by atoms with Gasteiger partial charge in [-0.2, -0.15) is 0 Å². The van der Waals surface area contributed by atoms with Crippen LogP contribution in [-0.4, -0.2) is 5.11 Å². The van der Waals surface area contributed by atoms with Crippen molar-refractivity contribution in [1.82, 2.24) is 5.32 Å². The van der Waals surface area contributed by atoms with Gasteiger partial charge in [0.1, 0.15) is 0 Å². The minimum absolute atomic E-state index is 0.265. The lowest BCUT2D eigenvalue weighted by molar-refractivity contribution is 1.30. The van der Waals surface area contributed by atoms with Crippen LogP contribution in [0.5, 0.6) is 0 Å². The van der Waals surface area contributed by atoms with Gasteiger partial charge >= 0.3 is 0 Å². The Labute approximate surface area is 112 Å². The van der Waals surface area contributed by atoms with E-state index >= 15 is 0 Å². The SMILES string of the molecule is NC(=S)N/C(=C\c1ccccc1)c1ccccc1. The Morgan fingerprint density at radius 1 is 0.944 bits per heavy atom. The molecule has 0 aromatic heterocycles. The second-order valence-corrected chi connectivity index (χ2v) is 4.26. The second-order valence-electron chi connectivity index (χ2n) is 3.82. The average molecular weight is 254 g/mol. The van der Waals surface area contributed by atoms with Crippen LogP contribution in [0, 0.1) is 0 Å². The molecule has 2 nitrogen and oxygen atoms in total. The van der Waals surface area contributed by atoms with Gasteiger partial charge in [0.25, 0.3) is 0 Å². The van der Waals surface area contributed by atoms with Crippen molar-refractivity contribution < 1.29 is 0 Å². The number of benzene rings is 2. The van der Waals surface area contributed by atoms with E-state index in [1.54, 1.807) is 0 Å². The number of thiocarbonyl (C=S) groups is 1. The molecule has 18 heavy (non-hydrogen) atoms. The van der Waals surface area contributed by atoms with E-state index in [0.717, 1.165) is 16.8 Å². The lowest BCUT2D eigenvalue weighted by atomic mass is 10.1. The van der Waals surface area contributed by atoms with Crippen molar-refractivity contribution in [3.63, 3.8) is 0 Å². The highest BCUT2D eigenvalue weighted by molar-refractivity contribution is 7.80. The van der Waals surface area contributed by atoms with E-state index < -0.39 is 0 Å². The first-order chi connectivity index (χ1) is 8.75. The molecule has 0 fully saturated rings. The van der Waals surface area contributed by atoms with Crippen molar-refractivity contribution in [2.24, 2.45) is 5.73 Å². The van der Waals surface area contributed by atoms with E-state index in [-0.39, 0.29) is 5.11 Å². The van der Waals surface area contributed by atoms with Crippen LogP contribution in [0.25, 0.3) is 11.8 Å². The van der Waals surface area contributed by atoms with Crippen LogP contribution >= 0.6 is 12.2 Å². The molecule has 0 aliphatic carbocycles. The minimum Gasteiger partial charge on any atom is -0.376 e. The highest BCUT2D eigenvalue weighted by atomic mass is 32.1. The van der Waals surface area contributed by atoms with Gasteiger partial charge in [0.2, 0.25) is 0 Å². The van der Waals surface area contributed by atoms with Crippen LogP contribution < -0.4 is 11.1 Å². The Hall–Kier alpha value is -2.13. The molecule has 2 rings (SSSR count). The first kappa shape index (κ1) is 12.3. The highest BCUT2D eigenvalue weighted by Gasteiger charge is 2.01. The average Bonchev–Trinajstić information content (AvgIpc) is 2.40. The summed E-state index contributed by atoms with van der Waals surface area (Å²) in [5.74, 6) is 0. The molecule has 0 radical (unpaired) electrons. The third kappa shape index (κ3) is 3.43. The third-order valence-corrected chi connectivity index (χ3v) is 2.56. The molecule has 90 valence electrons. The summed E-state index contributed by atoms with van der Waals surface area (Å²) in [7, 11) is 0. The summed E-state index contributed by atoms with van der Waals surface area (Å²) in [6.07, 6.45) is 2.02. The third-order valence-electron chi connectivity index (χ3n) is 2.45. The standard InChI is InChI=1S/C15H14N2S/c16-15(18)17-14(13-9-5-2-6-10-13)11-12-7-3-1-4-8-12/h1-11H,(H3,16,17,18)/b14-11-. The number of rotatable bonds is 3. The topological polar surface area (TPSA) is 38.0 Å². The van der Waals surface area contributed by atoms with Gasteiger partial charge in [-0.3, -0.25) is 0 Å². The summed E-state index contributed by atoms with van der Waals surface area (Å²) in [5.41, 5.74) is 8.61. The van der Waals surface area contributed by atoms with Crippen LogP contribution in [0.3, 0.4) is 0 Å². The van der Waals surface area contributed by atoms with Gasteiger partial charge in [-0.05, 0) is 29.4 Å². The fraction of sp³-hybridized carbons (Fsp3) is 0. The summed E-state index contributed by atoms with van der Waals surface area (Å²) in [5, 5.41) is 3.28. The maximum atomic E-state index is 5.56. The van der Waals surface area contributed by atoms with Gasteiger partial charge in [-0.25, -0.2) is 0 Å². The Morgan fingerprint density at radius 3 is 2.06 bits per heavy atom. The first-order valence-corrected chi connectivity index (χ1v) is 6.05. The van der Waals surface area contributed by atoms with Crippen LogP contribution in [0.1, 0.15) is 11.1 Å². The van der Waals surface area contributed by atoms with E-state index in [2.05, 4.69) is 5.32 Å². The molecule has 0 heterocycles. The molecule has 0 amide bonds. The van der Waals surface area contributed by atoms with Crippen LogP contribution in [0.2, 0.25) is 0 Å². The number of nitrogens with two attached hydrogens (primary N) is 1. The molecule has 0 saturated heterocycles. The Balaban J connectivity index is 2.37. The quantitative estimate of drug-likeness (QED) is 0.653. The molecule has 0 saturated carbocycles. The highest BCUT2D eigenvalue weighted by Crippen LogP contribution is 2.15. The predicted octanol–water partition coefficient (Wildman–Crippen LogP) is 3.02. The lowest BCUT2D eigenvalue weighted by Gasteiger charge is -2.09. The largest absolute Gasteiger partial charge is 0.376 e. The summed E-state index contributed by atoms with van der Waals surface area (Å²) in [4.78, 5) is 0. The number of hydrogen-bond donors (Lipinski definition) is 2. The molecular weight excluding hydrogens is 240 g/mol. The molecule has 0 unspecified atom stereocenters. The Bertz CT molecular complexity index is 547. The molecule has 0 aliphatic heterocycles. The van der Waals surface area contributed by atoms with Gasteiger partial charge in [0, 0.05) is 5.70 Å². The van der Waals surface area contributed by atoms with Crippen molar-refractivity contribution in [3.8, 4) is 0 Å². The van der Waals surface area contributed by atoms with Gasteiger partial charge in [-0.15, -0.1) is 0 Å². The van der Waals surface area contributed by atoms with Gasteiger partial charge < -0.3 is 11.1 Å². The zero-order valence-electron chi connectivity index (χ0n) is 9.84. The molecule has 3 heteroatoms. The van der Waals surface area contributed by atoms with Crippen molar-refractivity contribution in [3.05, 3.63) is 71.8 Å². The molecule has 2 aromatic rings. The van der Waals surface area contributed by atoms with Gasteiger partial charge in [-0.1, -0.05) is 60.7 Å². The van der Waals surface area contributed by atoms with E-state index in [1.807, 2.05) is 66.7 Å². The van der Waals surface area contributed by atoms with Gasteiger partial charge in [0.15, 0.2) is 5.11 Å². The molecule has 3 N–H and O–H groups in total. The minimum atomic E-state index is 0.265. The summed E-state index contributed by atoms with van der Waals surface area (Å²) in [6.45, 7) is 0. The van der Waals surface area contributed by atoms with Crippen LogP contribution in [0.4, 0.5) is 0 Å². The van der Waals surface area contributed by atoms with E-state index in [4.69, 9.17) is 18.0 Å². The number of hydrogen-bond acceptors (Lipinski definition) is 1. The summed E-state index contributed by atoms with van der Waals surface area (Å²) in [6, 6.07) is 20.0. The van der Waals surface area contributed by atoms with E-state index in [1.165, 1.54) is 0 Å². The van der Waals surface area contributed by atoms with Crippen LogP contribution in [0.15, 0.2) is 60.7 Å². The van der Waals surface area contributed by atoms with Gasteiger partial charge in [0.05, 0.1) is 0 Å². The van der Waals surface area contributed by atoms with E-state index in [9.17, 15) is 0 Å². The molecule has 0 bridgehead atoms. The van der Waals surface area contributed by atoms with E-state index in [0.29, 0.717) is 0 Å². The normalized spacial score (nSPS) is 11.0. The molecule has 0 aliphatic rings. The second kappa shape index (κ2) is 5.98. The first-order valence-electron chi connectivity index (χ1n) is 5.64. The smallest absolute Gasteiger partial charge is 0.168 e. The lowest BCUT2D eigenvalue weighted by Crippen LogP contribution is -2.27. The fourth-order valence-electron chi connectivity index (χ4n) is 1.66. The zero-order chi connectivity index (χ0) is 12.8. The van der Waals surface area contributed by atoms with Crippen LogP contribution in [-0.2, 0) is 0 Å². The predicted molar refractivity (Wildman–Crippen MR) is 80.7 cm³/mol. The number of nitrogens with one attached hydrogen (secondary N) is 1. The molecule has 0 spiro atoms. The van der Waals surface area contributed by atoms with Crippen molar-refractivity contribution in [2.45, 2.75) is 0 Å². The van der Waals surface area contributed by atoms with Crippen molar-refractivity contribution in [1.29, 1.82) is 0 Å². The maximum Gasteiger partial charge on any atom is 0.168 e. The zero-order valence-corrected chi connectivity index (χ0v) is 10.7.